The summed E-state index contributed by atoms with van der Waals surface area (Å²) < 4.78 is 2.10. The maximum Gasteiger partial charge on any atom is 0.151 e. The molecule has 0 spiro atoms. The first-order valence-electron chi connectivity index (χ1n) is 5.19. The van der Waals surface area contributed by atoms with Gasteiger partial charge in [0.1, 0.15) is 5.65 Å². The molecule has 1 unspecified atom stereocenters. The predicted octanol–water partition coefficient (Wildman–Crippen LogP) is 2.06. The molecule has 1 N–H and O–H groups in total. The maximum atomic E-state index is 6.19. The average Bonchev–Trinajstić information content (AvgIpc) is 2.82. The normalized spacial score (nSPS) is 21.3. The molecule has 4 heteroatoms. The summed E-state index contributed by atoms with van der Waals surface area (Å²) in [5, 5.41) is 4.00. The molecule has 1 aliphatic rings. The van der Waals surface area contributed by atoms with Crippen molar-refractivity contribution in [1.82, 2.24) is 14.7 Å². The minimum atomic E-state index is 0.495. The van der Waals surface area contributed by atoms with Crippen molar-refractivity contribution in [3.8, 4) is 0 Å². The summed E-state index contributed by atoms with van der Waals surface area (Å²) in [6, 6.07) is 5.98. The van der Waals surface area contributed by atoms with E-state index in [0.29, 0.717) is 11.1 Å². The summed E-state index contributed by atoms with van der Waals surface area (Å²) in [7, 11) is 0. The van der Waals surface area contributed by atoms with Crippen molar-refractivity contribution < 1.29 is 0 Å². The van der Waals surface area contributed by atoms with E-state index < -0.39 is 0 Å². The first-order chi connectivity index (χ1) is 7.36. The molecule has 3 rings (SSSR count). The molecular formula is C11H12ClN3. The smallest absolute Gasteiger partial charge is 0.151 e. The molecule has 0 bridgehead atoms. The van der Waals surface area contributed by atoms with Crippen molar-refractivity contribution in [1.29, 1.82) is 0 Å². The van der Waals surface area contributed by atoms with Gasteiger partial charge in [0.2, 0.25) is 0 Å². The van der Waals surface area contributed by atoms with E-state index in [2.05, 4.69) is 14.7 Å². The lowest BCUT2D eigenvalue weighted by atomic mass is 10.1. The molecule has 78 valence electrons. The molecule has 1 aliphatic heterocycles. The summed E-state index contributed by atoms with van der Waals surface area (Å²) in [4.78, 5) is 4.36. The highest BCUT2D eigenvalue weighted by Gasteiger charge is 2.23. The molecule has 2 aromatic rings. The Labute approximate surface area is 93.1 Å². The third kappa shape index (κ3) is 1.43. The number of hydrogen-bond acceptors (Lipinski definition) is 2. The minimum absolute atomic E-state index is 0.495. The second kappa shape index (κ2) is 3.51. The van der Waals surface area contributed by atoms with Gasteiger partial charge in [-0.2, -0.15) is 0 Å². The number of aromatic nitrogens is 2. The largest absolute Gasteiger partial charge is 0.316 e. The SMILES string of the molecule is Clc1nc2ccccn2c1C1CCNC1. The molecule has 0 saturated carbocycles. The predicted molar refractivity (Wildman–Crippen MR) is 60.4 cm³/mol. The van der Waals surface area contributed by atoms with Gasteiger partial charge >= 0.3 is 0 Å². The van der Waals surface area contributed by atoms with Crippen molar-refractivity contribution in [2.24, 2.45) is 0 Å². The van der Waals surface area contributed by atoms with Gasteiger partial charge in [0.25, 0.3) is 0 Å². The molecule has 0 radical (unpaired) electrons. The zero-order valence-corrected chi connectivity index (χ0v) is 9.04. The Morgan fingerprint density at radius 2 is 2.40 bits per heavy atom. The highest BCUT2D eigenvalue weighted by molar-refractivity contribution is 6.30. The Bertz CT molecular complexity index is 486. The molecular weight excluding hydrogens is 210 g/mol. The summed E-state index contributed by atoms with van der Waals surface area (Å²) >= 11 is 6.19. The molecule has 2 aromatic heterocycles. The van der Waals surface area contributed by atoms with E-state index in [1.165, 1.54) is 0 Å². The lowest BCUT2D eigenvalue weighted by Crippen LogP contribution is -2.09. The van der Waals surface area contributed by atoms with Crippen LogP contribution in [0.15, 0.2) is 24.4 Å². The lowest BCUT2D eigenvalue weighted by Gasteiger charge is -2.08. The minimum Gasteiger partial charge on any atom is -0.316 e. The third-order valence-corrected chi connectivity index (χ3v) is 3.25. The number of pyridine rings is 1. The van der Waals surface area contributed by atoms with E-state index in [4.69, 9.17) is 11.6 Å². The van der Waals surface area contributed by atoms with Crippen LogP contribution in [0.25, 0.3) is 5.65 Å². The van der Waals surface area contributed by atoms with Gasteiger partial charge in [-0.25, -0.2) is 4.98 Å². The van der Waals surface area contributed by atoms with E-state index in [1.54, 1.807) is 0 Å². The van der Waals surface area contributed by atoms with Crippen molar-refractivity contribution in [3.63, 3.8) is 0 Å². The van der Waals surface area contributed by atoms with E-state index in [1.807, 2.05) is 24.4 Å². The van der Waals surface area contributed by atoms with E-state index in [-0.39, 0.29) is 0 Å². The highest BCUT2D eigenvalue weighted by Crippen LogP contribution is 2.29. The standard InChI is InChI=1S/C11H12ClN3/c12-11-10(8-4-5-13-7-8)15-6-2-1-3-9(15)14-11/h1-3,6,8,13H,4-5,7H2. The Morgan fingerprint density at radius 1 is 1.47 bits per heavy atom. The summed E-state index contributed by atoms with van der Waals surface area (Å²) in [6.45, 7) is 2.07. The Kier molecular flexibility index (Phi) is 2.15. The van der Waals surface area contributed by atoms with Crippen LogP contribution in [0.2, 0.25) is 5.15 Å². The van der Waals surface area contributed by atoms with Crippen LogP contribution in [0.3, 0.4) is 0 Å². The second-order valence-electron chi connectivity index (χ2n) is 3.91. The number of nitrogens with zero attached hydrogens (tertiary/aromatic N) is 2. The monoisotopic (exact) mass is 221 g/mol. The van der Waals surface area contributed by atoms with Gasteiger partial charge in [0, 0.05) is 18.7 Å². The molecule has 15 heavy (non-hydrogen) atoms. The quantitative estimate of drug-likeness (QED) is 0.799. The van der Waals surface area contributed by atoms with Crippen molar-refractivity contribution in [3.05, 3.63) is 35.2 Å². The average molecular weight is 222 g/mol. The number of halogens is 1. The molecule has 0 aliphatic carbocycles. The van der Waals surface area contributed by atoms with Crippen LogP contribution in [-0.4, -0.2) is 22.5 Å². The van der Waals surface area contributed by atoms with Crippen LogP contribution in [0, 0.1) is 0 Å². The van der Waals surface area contributed by atoms with Crippen LogP contribution < -0.4 is 5.32 Å². The lowest BCUT2D eigenvalue weighted by molar-refractivity contribution is 0.726. The molecule has 3 heterocycles. The van der Waals surface area contributed by atoms with Crippen LogP contribution in [-0.2, 0) is 0 Å². The number of rotatable bonds is 1. The molecule has 1 atom stereocenters. The fraction of sp³-hybridized carbons (Fsp3) is 0.364. The van der Waals surface area contributed by atoms with E-state index in [0.717, 1.165) is 30.9 Å². The molecule has 0 aromatic carbocycles. The van der Waals surface area contributed by atoms with Crippen LogP contribution in [0.5, 0.6) is 0 Å². The highest BCUT2D eigenvalue weighted by atomic mass is 35.5. The van der Waals surface area contributed by atoms with Crippen molar-refractivity contribution in [2.45, 2.75) is 12.3 Å². The molecule has 0 amide bonds. The van der Waals surface area contributed by atoms with Gasteiger partial charge in [-0.1, -0.05) is 17.7 Å². The maximum absolute atomic E-state index is 6.19. The Morgan fingerprint density at radius 3 is 3.20 bits per heavy atom. The summed E-state index contributed by atoms with van der Waals surface area (Å²) in [6.07, 6.45) is 3.17. The summed E-state index contributed by atoms with van der Waals surface area (Å²) in [5.74, 6) is 0.495. The second-order valence-corrected chi connectivity index (χ2v) is 4.26. The van der Waals surface area contributed by atoms with Crippen molar-refractivity contribution in [2.75, 3.05) is 13.1 Å². The zero-order valence-electron chi connectivity index (χ0n) is 8.28. The van der Waals surface area contributed by atoms with Crippen LogP contribution in [0.1, 0.15) is 18.0 Å². The third-order valence-electron chi connectivity index (χ3n) is 2.97. The first kappa shape index (κ1) is 9.19. The van der Waals surface area contributed by atoms with Crippen LogP contribution >= 0.6 is 11.6 Å². The Balaban J connectivity index is 2.19. The van der Waals surface area contributed by atoms with E-state index >= 15 is 0 Å². The zero-order chi connectivity index (χ0) is 10.3. The topological polar surface area (TPSA) is 29.3 Å². The van der Waals surface area contributed by atoms with Crippen LogP contribution in [0.4, 0.5) is 0 Å². The number of fused-ring (bicyclic) bond motifs is 1. The molecule has 1 saturated heterocycles. The van der Waals surface area contributed by atoms with Gasteiger partial charge < -0.3 is 9.72 Å². The Hall–Kier alpha value is -1.06. The number of imidazole rings is 1. The van der Waals surface area contributed by atoms with Crippen molar-refractivity contribution >= 4 is 17.2 Å². The number of hydrogen-bond donors (Lipinski definition) is 1. The number of nitrogens with one attached hydrogen (secondary N) is 1. The molecule has 1 fully saturated rings. The fourth-order valence-electron chi connectivity index (χ4n) is 2.24. The summed E-state index contributed by atoms with van der Waals surface area (Å²) in [5.41, 5.74) is 2.08. The van der Waals surface area contributed by atoms with Gasteiger partial charge in [-0.05, 0) is 25.1 Å². The molecule has 3 nitrogen and oxygen atoms in total. The van der Waals surface area contributed by atoms with E-state index in [9.17, 15) is 0 Å². The van der Waals surface area contributed by atoms with Gasteiger partial charge in [0.05, 0.1) is 5.69 Å². The first-order valence-corrected chi connectivity index (χ1v) is 5.57. The van der Waals surface area contributed by atoms with Gasteiger partial charge in [-0.15, -0.1) is 0 Å². The fourth-order valence-corrected chi connectivity index (χ4v) is 2.57. The van der Waals surface area contributed by atoms with Gasteiger partial charge in [0.15, 0.2) is 5.15 Å². The van der Waals surface area contributed by atoms with Gasteiger partial charge in [-0.3, -0.25) is 0 Å².